The van der Waals surface area contributed by atoms with Crippen LogP contribution >= 0.6 is 0 Å². The number of benzene rings is 1. The number of unbranched alkanes of at least 4 members (excludes halogenated alkanes) is 8. The number of carbonyl (C=O) groups is 3. The zero-order valence-corrected chi connectivity index (χ0v) is 22.6. The molecule has 0 saturated carbocycles. The predicted molar refractivity (Wildman–Crippen MR) is 145 cm³/mol. The Bertz CT molecular complexity index is 813. The van der Waals surface area contributed by atoms with Gasteiger partial charge in [-0.2, -0.15) is 0 Å². The van der Waals surface area contributed by atoms with E-state index in [-0.39, 0.29) is 0 Å². The molecule has 0 radical (unpaired) electrons. The van der Waals surface area contributed by atoms with Gasteiger partial charge in [0.05, 0.1) is 5.92 Å². The number of aliphatic hydroxyl groups is 1. The third kappa shape index (κ3) is 13.0. The third-order valence-electron chi connectivity index (χ3n) is 6.62. The number of carboxylic acid groups (broad SMARTS) is 1. The van der Waals surface area contributed by atoms with Crippen molar-refractivity contribution >= 4 is 17.7 Å². The van der Waals surface area contributed by atoms with Gasteiger partial charge >= 0.3 is 5.97 Å². The molecule has 0 saturated heterocycles. The molecule has 1 amide bonds. The second-order valence-electron chi connectivity index (χ2n) is 10.0. The molecule has 1 aromatic carbocycles. The summed E-state index contributed by atoms with van der Waals surface area (Å²) in [5.41, 5.74) is 0.0419. The molecule has 6 nitrogen and oxygen atoms in total. The number of hydrogen-bond acceptors (Lipinski definition) is 4. The summed E-state index contributed by atoms with van der Waals surface area (Å²) in [7, 11) is 0. The van der Waals surface area contributed by atoms with E-state index in [4.69, 9.17) is 0 Å². The Hall–Kier alpha value is -2.47. The van der Waals surface area contributed by atoms with Gasteiger partial charge in [-0.1, -0.05) is 87.4 Å². The molecular formula is C30H47NO5. The maximum Gasteiger partial charge on any atom is 0.336 e. The van der Waals surface area contributed by atoms with Crippen LogP contribution in [-0.4, -0.2) is 40.0 Å². The number of allylic oxidation sites excluding steroid dienone is 1. The Kier molecular flexibility index (Phi) is 15.7. The number of carboxylic acids is 1. The lowest BCUT2D eigenvalue weighted by Crippen LogP contribution is -2.49. The molecule has 0 aliphatic rings. The number of nitrogens with one attached hydrogen (secondary N) is 1. The highest BCUT2D eigenvalue weighted by atomic mass is 16.4. The lowest BCUT2D eigenvalue weighted by Gasteiger charge is -2.25. The Labute approximate surface area is 217 Å². The maximum absolute atomic E-state index is 12.7. The van der Waals surface area contributed by atoms with Gasteiger partial charge in [-0.3, -0.25) is 9.59 Å². The van der Waals surface area contributed by atoms with Crippen molar-refractivity contribution in [1.82, 2.24) is 5.32 Å². The number of amides is 1. The van der Waals surface area contributed by atoms with E-state index in [0.29, 0.717) is 38.0 Å². The predicted octanol–water partition coefficient (Wildman–Crippen LogP) is 5.93. The molecule has 36 heavy (non-hydrogen) atoms. The first-order valence-electron chi connectivity index (χ1n) is 13.7. The summed E-state index contributed by atoms with van der Waals surface area (Å²) in [5.74, 6) is -2.75. The number of Topliss-reactive ketones (excluding diaryl/α,β-unsaturated/α-hetero) is 1. The van der Waals surface area contributed by atoms with E-state index in [1.54, 1.807) is 6.08 Å². The zero-order chi connectivity index (χ0) is 26.8. The van der Waals surface area contributed by atoms with Crippen molar-refractivity contribution in [1.29, 1.82) is 0 Å². The zero-order valence-electron chi connectivity index (χ0n) is 22.6. The van der Waals surface area contributed by atoms with E-state index in [1.807, 2.05) is 31.2 Å². The summed E-state index contributed by atoms with van der Waals surface area (Å²) >= 11 is 0. The maximum atomic E-state index is 12.7. The number of carbonyl (C=O) groups excluding carboxylic acids is 2. The summed E-state index contributed by atoms with van der Waals surface area (Å²) in [6.07, 6.45) is 15.5. The number of rotatable bonds is 20. The minimum Gasteiger partial charge on any atom is -0.479 e. The van der Waals surface area contributed by atoms with Gasteiger partial charge in [-0.25, -0.2) is 4.79 Å². The average Bonchev–Trinajstić information content (AvgIpc) is 2.83. The van der Waals surface area contributed by atoms with Crippen molar-refractivity contribution in [2.24, 2.45) is 5.92 Å². The van der Waals surface area contributed by atoms with E-state index in [0.717, 1.165) is 56.6 Å². The molecule has 0 aliphatic carbocycles. The molecule has 0 unspecified atom stereocenters. The quantitative estimate of drug-likeness (QED) is 0.152. The minimum absolute atomic E-state index is 0.360. The number of aliphatic carboxylic acids is 1. The molecule has 6 heteroatoms. The van der Waals surface area contributed by atoms with Gasteiger partial charge in [0.2, 0.25) is 5.91 Å². The van der Waals surface area contributed by atoms with Crippen molar-refractivity contribution in [2.45, 2.75) is 110 Å². The minimum atomic E-state index is -2.19. The van der Waals surface area contributed by atoms with Crippen LogP contribution in [0.15, 0.2) is 36.4 Å². The van der Waals surface area contributed by atoms with Crippen molar-refractivity contribution in [3.05, 3.63) is 47.5 Å². The van der Waals surface area contributed by atoms with E-state index >= 15 is 0 Å². The van der Waals surface area contributed by atoms with Crippen LogP contribution in [0, 0.1) is 12.8 Å². The SMILES string of the molecule is CCCCCCCC(=O)CCCCCC/C=C/[C@H](C(=O)NCCc1ccc(C)cc1)[C@](C)(O)C(=O)O. The van der Waals surface area contributed by atoms with Crippen molar-refractivity contribution < 1.29 is 24.6 Å². The molecule has 0 aromatic heterocycles. The Morgan fingerprint density at radius 3 is 2.11 bits per heavy atom. The Morgan fingerprint density at radius 2 is 1.53 bits per heavy atom. The van der Waals surface area contributed by atoms with Crippen molar-refractivity contribution in [2.75, 3.05) is 6.54 Å². The normalized spacial score (nSPS) is 13.9. The monoisotopic (exact) mass is 501 g/mol. The van der Waals surface area contributed by atoms with E-state index in [1.165, 1.54) is 25.3 Å². The highest BCUT2D eigenvalue weighted by molar-refractivity contribution is 5.90. The van der Waals surface area contributed by atoms with Crippen LogP contribution in [0.2, 0.25) is 0 Å². The molecule has 2 atom stereocenters. The van der Waals surface area contributed by atoms with Crippen LogP contribution in [0.25, 0.3) is 0 Å². The van der Waals surface area contributed by atoms with Crippen molar-refractivity contribution in [3.8, 4) is 0 Å². The first-order valence-corrected chi connectivity index (χ1v) is 13.7. The largest absolute Gasteiger partial charge is 0.479 e. The van der Waals surface area contributed by atoms with Crippen LogP contribution in [-0.2, 0) is 20.8 Å². The van der Waals surface area contributed by atoms with Gasteiger partial charge < -0.3 is 15.5 Å². The molecule has 1 aromatic rings. The van der Waals surface area contributed by atoms with Gasteiger partial charge in [0.25, 0.3) is 0 Å². The molecule has 0 heterocycles. The first kappa shape index (κ1) is 31.6. The van der Waals surface area contributed by atoms with Crippen molar-refractivity contribution in [3.63, 3.8) is 0 Å². The second-order valence-corrected chi connectivity index (χ2v) is 10.0. The van der Waals surface area contributed by atoms with Gasteiger partial charge in [0, 0.05) is 19.4 Å². The average molecular weight is 502 g/mol. The summed E-state index contributed by atoms with van der Waals surface area (Å²) in [4.78, 5) is 36.2. The van der Waals surface area contributed by atoms with Crippen LogP contribution in [0.5, 0.6) is 0 Å². The molecule has 202 valence electrons. The molecular weight excluding hydrogens is 454 g/mol. The van der Waals surface area contributed by atoms with E-state index in [9.17, 15) is 24.6 Å². The fourth-order valence-corrected chi connectivity index (χ4v) is 4.08. The van der Waals surface area contributed by atoms with Gasteiger partial charge in [0.1, 0.15) is 5.78 Å². The summed E-state index contributed by atoms with van der Waals surface area (Å²) < 4.78 is 0. The lowest BCUT2D eigenvalue weighted by atomic mass is 9.87. The fraction of sp³-hybridized carbons (Fsp3) is 0.633. The fourth-order valence-electron chi connectivity index (χ4n) is 4.08. The first-order chi connectivity index (χ1) is 17.2. The molecule has 0 fully saturated rings. The van der Waals surface area contributed by atoms with E-state index in [2.05, 4.69) is 12.2 Å². The number of aryl methyl sites for hydroxylation is 1. The van der Waals surface area contributed by atoms with Crippen LogP contribution < -0.4 is 5.32 Å². The van der Waals surface area contributed by atoms with Crippen LogP contribution in [0.1, 0.15) is 102 Å². The van der Waals surface area contributed by atoms with Crippen LogP contribution in [0.3, 0.4) is 0 Å². The lowest BCUT2D eigenvalue weighted by molar-refractivity contribution is -0.163. The smallest absolute Gasteiger partial charge is 0.336 e. The highest BCUT2D eigenvalue weighted by Gasteiger charge is 2.42. The molecule has 0 aliphatic heterocycles. The number of hydrogen-bond donors (Lipinski definition) is 3. The molecule has 0 bridgehead atoms. The van der Waals surface area contributed by atoms with Gasteiger partial charge in [0.15, 0.2) is 5.60 Å². The Balaban J connectivity index is 2.36. The Morgan fingerprint density at radius 1 is 0.944 bits per heavy atom. The summed E-state index contributed by atoms with van der Waals surface area (Å²) in [6, 6.07) is 8.00. The molecule has 1 rings (SSSR count). The number of ketones is 1. The summed E-state index contributed by atoms with van der Waals surface area (Å²) in [5, 5.41) is 22.7. The third-order valence-corrected chi connectivity index (χ3v) is 6.62. The van der Waals surface area contributed by atoms with E-state index < -0.39 is 23.4 Å². The standard InChI is InChI=1S/C30H47NO5/c1-4-5-6-9-12-15-26(32)16-13-10-7-8-11-14-17-27(30(3,36)29(34)35)28(33)31-23-22-25-20-18-24(2)19-21-25/h14,17-21,27,36H,4-13,15-16,22-23H2,1-3H3,(H,31,33)(H,34,35)/b17-14+/t27-,30+/m1/s1. The molecule has 3 N–H and O–H groups in total. The highest BCUT2D eigenvalue weighted by Crippen LogP contribution is 2.21. The topological polar surface area (TPSA) is 104 Å². The second kappa shape index (κ2) is 17.9. The molecule has 0 spiro atoms. The van der Waals surface area contributed by atoms with Crippen LogP contribution in [0.4, 0.5) is 0 Å². The van der Waals surface area contributed by atoms with Gasteiger partial charge in [-0.15, -0.1) is 0 Å². The summed E-state index contributed by atoms with van der Waals surface area (Å²) in [6.45, 7) is 5.71. The van der Waals surface area contributed by atoms with Gasteiger partial charge in [-0.05, 0) is 51.5 Å².